The zero-order valence-electron chi connectivity index (χ0n) is 12.4. The van der Waals surface area contributed by atoms with Crippen molar-refractivity contribution in [1.82, 2.24) is 15.0 Å². The van der Waals surface area contributed by atoms with Crippen molar-refractivity contribution in [2.75, 3.05) is 13.7 Å². The molecule has 0 aliphatic rings. The first-order valence-electron chi connectivity index (χ1n) is 6.56. The van der Waals surface area contributed by atoms with Gasteiger partial charge in [-0.1, -0.05) is 13.8 Å². The third-order valence-electron chi connectivity index (χ3n) is 2.83. The highest BCUT2D eigenvalue weighted by Crippen LogP contribution is 2.09. The first-order valence-corrected chi connectivity index (χ1v) is 8.10. The van der Waals surface area contributed by atoms with Gasteiger partial charge >= 0.3 is 0 Å². The first kappa shape index (κ1) is 16.9. The smallest absolute Gasteiger partial charge is 0.215 e. The lowest BCUT2D eigenvalue weighted by Gasteiger charge is -2.16. The molecule has 114 valence electrons. The summed E-state index contributed by atoms with van der Waals surface area (Å²) in [4.78, 5) is 3.98. The van der Waals surface area contributed by atoms with Crippen molar-refractivity contribution in [3.8, 4) is 5.88 Å². The van der Waals surface area contributed by atoms with Crippen LogP contribution in [0.5, 0.6) is 5.88 Å². The fraction of sp³-hybridized carbons (Fsp3) is 0.615. The predicted octanol–water partition coefficient (Wildman–Crippen LogP) is 0.896. The minimum absolute atomic E-state index is 0.229. The lowest BCUT2D eigenvalue weighted by atomic mass is 10.3. The van der Waals surface area contributed by atoms with Gasteiger partial charge in [0.15, 0.2) is 0 Å². The number of sulfonamides is 1. The molecule has 20 heavy (non-hydrogen) atoms. The van der Waals surface area contributed by atoms with Gasteiger partial charge < -0.3 is 10.1 Å². The Morgan fingerprint density at radius 1 is 1.35 bits per heavy atom. The minimum Gasteiger partial charge on any atom is -0.481 e. The Morgan fingerprint density at radius 3 is 2.65 bits per heavy atom. The number of aromatic nitrogens is 1. The van der Waals surface area contributed by atoms with Crippen molar-refractivity contribution < 1.29 is 13.2 Å². The summed E-state index contributed by atoms with van der Waals surface area (Å²) in [7, 11) is -1.82. The van der Waals surface area contributed by atoms with Crippen LogP contribution in [0, 0.1) is 0 Å². The van der Waals surface area contributed by atoms with Gasteiger partial charge in [0.05, 0.1) is 12.4 Å². The molecule has 1 atom stereocenters. The second kappa shape index (κ2) is 7.56. The summed E-state index contributed by atoms with van der Waals surface area (Å²) in [5.74, 6) is 0.469. The number of nitrogens with zero attached hydrogens (tertiary/aromatic N) is 1. The van der Waals surface area contributed by atoms with E-state index in [1.807, 2.05) is 13.8 Å². The standard InChI is InChI=1S/C13H23N3O3S/c1-10(2)15-8-11(3)20(17,18)16-9-12-5-6-14-13(7-12)19-4/h5-7,10-11,15-16H,8-9H2,1-4H3. The lowest BCUT2D eigenvalue weighted by Crippen LogP contribution is -2.40. The van der Waals surface area contributed by atoms with Crippen molar-refractivity contribution in [3.05, 3.63) is 23.9 Å². The zero-order chi connectivity index (χ0) is 15.2. The molecule has 0 fully saturated rings. The van der Waals surface area contributed by atoms with Gasteiger partial charge in [-0.05, 0) is 18.6 Å². The van der Waals surface area contributed by atoms with Crippen molar-refractivity contribution in [2.45, 2.75) is 38.6 Å². The Balaban J connectivity index is 2.58. The van der Waals surface area contributed by atoms with Crippen LogP contribution in [0.15, 0.2) is 18.3 Å². The summed E-state index contributed by atoms with van der Waals surface area (Å²) in [6.07, 6.45) is 1.59. The SMILES string of the molecule is COc1cc(CNS(=O)(=O)C(C)CNC(C)C)ccn1. The third kappa shape index (κ3) is 5.44. The summed E-state index contributed by atoms with van der Waals surface area (Å²) in [5.41, 5.74) is 0.810. The minimum atomic E-state index is -3.35. The number of hydrogen-bond donors (Lipinski definition) is 2. The average Bonchev–Trinajstić information content (AvgIpc) is 2.42. The molecule has 0 radical (unpaired) electrons. The average molecular weight is 301 g/mol. The van der Waals surface area contributed by atoms with E-state index in [1.165, 1.54) is 7.11 Å². The molecule has 0 aliphatic heterocycles. The second-order valence-corrected chi connectivity index (χ2v) is 7.13. The molecule has 1 unspecified atom stereocenters. The van der Waals surface area contributed by atoms with Gasteiger partial charge in [-0.2, -0.15) is 0 Å². The number of methoxy groups -OCH3 is 1. The fourth-order valence-corrected chi connectivity index (χ4v) is 2.48. The Bertz CT molecular complexity index is 517. The highest BCUT2D eigenvalue weighted by atomic mass is 32.2. The molecule has 1 aromatic rings. The molecule has 2 N–H and O–H groups in total. The van der Waals surface area contributed by atoms with Gasteiger partial charge in [0, 0.05) is 31.4 Å². The number of pyridine rings is 1. The van der Waals surface area contributed by atoms with Crippen molar-refractivity contribution in [2.24, 2.45) is 0 Å². The molecule has 0 bridgehead atoms. The summed E-state index contributed by atoms with van der Waals surface area (Å²) < 4.78 is 31.7. The largest absolute Gasteiger partial charge is 0.481 e. The fourth-order valence-electron chi connectivity index (χ4n) is 1.51. The molecule has 7 heteroatoms. The van der Waals surface area contributed by atoms with Crippen LogP contribution in [-0.4, -0.2) is 38.3 Å². The van der Waals surface area contributed by atoms with Gasteiger partial charge in [0.1, 0.15) is 0 Å². The van der Waals surface area contributed by atoms with Crippen molar-refractivity contribution in [3.63, 3.8) is 0 Å². The van der Waals surface area contributed by atoms with Crippen molar-refractivity contribution >= 4 is 10.0 Å². The number of hydrogen-bond acceptors (Lipinski definition) is 5. The highest BCUT2D eigenvalue weighted by molar-refractivity contribution is 7.90. The summed E-state index contributed by atoms with van der Waals surface area (Å²) in [5, 5.41) is 2.63. The molecule has 0 spiro atoms. The molecule has 0 amide bonds. The van der Waals surface area contributed by atoms with Gasteiger partial charge in [0.2, 0.25) is 15.9 Å². The van der Waals surface area contributed by atoms with E-state index in [2.05, 4.69) is 15.0 Å². The van der Waals surface area contributed by atoms with Gasteiger partial charge in [-0.3, -0.25) is 0 Å². The molecular weight excluding hydrogens is 278 g/mol. The predicted molar refractivity (Wildman–Crippen MR) is 79.1 cm³/mol. The number of rotatable bonds is 8. The summed E-state index contributed by atoms with van der Waals surface area (Å²) in [6, 6.07) is 3.72. The maximum atomic E-state index is 12.1. The van der Waals surface area contributed by atoms with E-state index in [-0.39, 0.29) is 12.6 Å². The molecule has 0 aliphatic carbocycles. The van der Waals surface area contributed by atoms with Crippen LogP contribution in [0.3, 0.4) is 0 Å². The van der Waals surface area contributed by atoms with Crippen LogP contribution in [-0.2, 0) is 16.6 Å². The zero-order valence-corrected chi connectivity index (χ0v) is 13.2. The maximum Gasteiger partial charge on any atom is 0.215 e. The molecule has 6 nitrogen and oxygen atoms in total. The van der Waals surface area contributed by atoms with Gasteiger partial charge in [0.25, 0.3) is 0 Å². The number of ether oxygens (including phenoxy) is 1. The van der Waals surface area contributed by atoms with E-state index in [1.54, 1.807) is 25.3 Å². The quantitative estimate of drug-likeness (QED) is 0.745. The van der Waals surface area contributed by atoms with E-state index in [4.69, 9.17) is 4.74 Å². The molecule has 1 aromatic heterocycles. The van der Waals surface area contributed by atoms with E-state index >= 15 is 0 Å². The van der Waals surface area contributed by atoms with Crippen molar-refractivity contribution in [1.29, 1.82) is 0 Å². The Labute approximate surface area is 121 Å². The molecule has 1 heterocycles. The van der Waals surface area contributed by atoms with Crippen LogP contribution in [0.25, 0.3) is 0 Å². The Morgan fingerprint density at radius 2 is 2.05 bits per heavy atom. The molecule has 0 saturated carbocycles. The highest BCUT2D eigenvalue weighted by Gasteiger charge is 2.20. The Hall–Kier alpha value is -1.18. The summed E-state index contributed by atoms with van der Waals surface area (Å²) >= 11 is 0. The van der Waals surface area contributed by atoms with E-state index in [0.29, 0.717) is 12.4 Å². The molecule has 0 aromatic carbocycles. The van der Waals surface area contributed by atoms with E-state index < -0.39 is 15.3 Å². The second-order valence-electron chi connectivity index (χ2n) is 4.95. The van der Waals surface area contributed by atoms with Crippen LogP contribution in [0.1, 0.15) is 26.3 Å². The van der Waals surface area contributed by atoms with Crippen LogP contribution >= 0.6 is 0 Å². The van der Waals surface area contributed by atoms with Gasteiger partial charge in [-0.25, -0.2) is 18.1 Å². The third-order valence-corrected chi connectivity index (χ3v) is 4.60. The molecular formula is C13H23N3O3S. The summed E-state index contributed by atoms with van der Waals surface area (Å²) in [6.45, 7) is 6.30. The normalized spacial score (nSPS) is 13.4. The van der Waals surface area contributed by atoms with Crippen LogP contribution in [0.4, 0.5) is 0 Å². The van der Waals surface area contributed by atoms with Crippen LogP contribution in [0.2, 0.25) is 0 Å². The van der Waals surface area contributed by atoms with Crippen LogP contribution < -0.4 is 14.8 Å². The molecule has 1 rings (SSSR count). The topological polar surface area (TPSA) is 80.3 Å². The number of nitrogens with one attached hydrogen (secondary N) is 2. The lowest BCUT2D eigenvalue weighted by molar-refractivity contribution is 0.397. The first-order chi connectivity index (χ1) is 9.35. The van der Waals surface area contributed by atoms with E-state index in [0.717, 1.165) is 5.56 Å². The van der Waals surface area contributed by atoms with E-state index in [9.17, 15) is 8.42 Å². The Kier molecular flexibility index (Phi) is 6.38. The maximum absolute atomic E-state index is 12.1. The molecule has 0 saturated heterocycles. The monoisotopic (exact) mass is 301 g/mol. The van der Waals surface area contributed by atoms with Gasteiger partial charge in [-0.15, -0.1) is 0 Å².